The molecule has 0 bridgehead atoms. The number of benzene rings is 1. The zero-order chi connectivity index (χ0) is 23.9. The summed E-state index contributed by atoms with van der Waals surface area (Å²) < 4.78 is 21.0. The third-order valence-electron chi connectivity index (χ3n) is 6.68. The Hall–Kier alpha value is -3.54. The van der Waals surface area contributed by atoms with Gasteiger partial charge in [-0.3, -0.25) is 4.90 Å². The number of anilines is 3. The number of fused-ring (bicyclic) bond motifs is 1. The van der Waals surface area contributed by atoms with E-state index in [1.807, 2.05) is 0 Å². The number of hydrogen-bond donors (Lipinski definition) is 3. The minimum atomic E-state index is -0.504. The van der Waals surface area contributed by atoms with Gasteiger partial charge in [-0.25, -0.2) is 19.3 Å². The highest BCUT2D eigenvalue weighted by Gasteiger charge is 2.43. The molecule has 2 atom stereocenters. The molecule has 0 saturated carbocycles. The monoisotopic (exact) mass is 469 g/mol. The molecule has 2 aliphatic heterocycles. The van der Waals surface area contributed by atoms with Gasteiger partial charge >= 0.3 is 5.69 Å². The number of hydrogen-bond acceptors (Lipinski definition) is 9. The van der Waals surface area contributed by atoms with Gasteiger partial charge in [-0.05, 0) is 74.7 Å². The second-order valence-electron chi connectivity index (χ2n) is 9.40. The molecule has 2 aromatic heterocycles. The molecule has 2 fully saturated rings. The fraction of sp³-hybridized carbons (Fsp3) is 0.500. The van der Waals surface area contributed by atoms with Crippen molar-refractivity contribution in [3.05, 3.63) is 40.7 Å². The summed E-state index contributed by atoms with van der Waals surface area (Å²) in [4.78, 5) is 23.0. The van der Waals surface area contributed by atoms with E-state index in [1.54, 1.807) is 18.2 Å². The standard InChI is InChI=1S/C22H28FN9O2/c1-22(2)11-14(9-15-5-4-8-31(15)22)25-19-16(23)12-24-20(27-19)26-13-6-7-18(34-3)17(10-13)32-21(33)28-29-30-32/h6-7,10,12,14-15H,4-5,8-9,11H2,1-3H3,(H,28,30,33)(H2,24,25,26,27). The molecule has 2 unspecified atom stereocenters. The van der Waals surface area contributed by atoms with Crippen LogP contribution in [-0.2, 0) is 0 Å². The van der Waals surface area contributed by atoms with Gasteiger partial charge in [0.25, 0.3) is 0 Å². The molecule has 0 amide bonds. The van der Waals surface area contributed by atoms with Crippen LogP contribution in [0.1, 0.15) is 39.5 Å². The Balaban J connectivity index is 1.36. The number of aromatic nitrogens is 6. The molecule has 12 heteroatoms. The predicted octanol–water partition coefficient (Wildman–Crippen LogP) is 2.45. The highest BCUT2D eigenvalue weighted by atomic mass is 19.1. The maximum Gasteiger partial charge on any atom is 0.365 e. The van der Waals surface area contributed by atoms with Crippen molar-refractivity contribution in [2.24, 2.45) is 0 Å². The number of ether oxygens (including phenoxy) is 1. The molecule has 3 N–H and O–H groups in total. The van der Waals surface area contributed by atoms with Crippen LogP contribution >= 0.6 is 0 Å². The molecule has 180 valence electrons. The molecular formula is C22H28FN9O2. The molecule has 34 heavy (non-hydrogen) atoms. The van der Waals surface area contributed by atoms with Crippen LogP contribution in [0.25, 0.3) is 5.69 Å². The predicted molar refractivity (Wildman–Crippen MR) is 124 cm³/mol. The van der Waals surface area contributed by atoms with Crippen molar-refractivity contribution in [3.63, 3.8) is 0 Å². The van der Waals surface area contributed by atoms with E-state index in [9.17, 15) is 9.18 Å². The Bertz CT molecular complexity index is 1240. The van der Waals surface area contributed by atoms with Crippen molar-refractivity contribution in [2.45, 2.75) is 57.2 Å². The van der Waals surface area contributed by atoms with Gasteiger partial charge < -0.3 is 15.4 Å². The number of halogens is 1. The third-order valence-corrected chi connectivity index (χ3v) is 6.68. The van der Waals surface area contributed by atoms with Crippen molar-refractivity contribution >= 4 is 17.5 Å². The van der Waals surface area contributed by atoms with Crippen molar-refractivity contribution in [2.75, 3.05) is 24.3 Å². The van der Waals surface area contributed by atoms with Crippen LogP contribution < -0.4 is 21.1 Å². The van der Waals surface area contributed by atoms with Crippen molar-refractivity contribution in [3.8, 4) is 11.4 Å². The number of tetrazole rings is 1. The average molecular weight is 470 g/mol. The molecule has 1 aromatic carbocycles. The van der Waals surface area contributed by atoms with Gasteiger partial charge in [0.05, 0.1) is 13.3 Å². The van der Waals surface area contributed by atoms with Crippen LogP contribution in [0.5, 0.6) is 5.75 Å². The van der Waals surface area contributed by atoms with Gasteiger partial charge in [-0.15, -0.1) is 0 Å². The topological polar surface area (TPSA) is 126 Å². The molecule has 2 aliphatic rings. The summed E-state index contributed by atoms with van der Waals surface area (Å²) in [7, 11) is 1.50. The van der Waals surface area contributed by atoms with E-state index in [4.69, 9.17) is 4.74 Å². The molecular weight excluding hydrogens is 441 g/mol. The van der Waals surface area contributed by atoms with Gasteiger partial charge in [0.2, 0.25) is 5.95 Å². The van der Waals surface area contributed by atoms with Crippen LogP contribution in [0.2, 0.25) is 0 Å². The first-order valence-electron chi connectivity index (χ1n) is 11.4. The minimum Gasteiger partial charge on any atom is -0.494 e. The fourth-order valence-corrected chi connectivity index (χ4v) is 5.26. The summed E-state index contributed by atoms with van der Waals surface area (Å²) in [6.07, 6.45) is 5.41. The number of piperidine rings is 1. The summed E-state index contributed by atoms with van der Waals surface area (Å²) in [6, 6.07) is 5.71. The number of H-pyrrole nitrogens is 1. The van der Waals surface area contributed by atoms with E-state index < -0.39 is 11.5 Å². The van der Waals surface area contributed by atoms with Crippen LogP contribution in [0, 0.1) is 5.82 Å². The lowest BCUT2D eigenvalue weighted by Crippen LogP contribution is -2.55. The summed E-state index contributed by atoms with van der Waals surface area (Å²) in [5.74, 6) is 0.336. The van der Waals surface area contributed by atoms with Crippen LogP contribution in [0.15, 0.2) is 29.2 Å². The average Bonchev–Trinajstić information content (AvgIpc) is 3.45. The van der Waals surface area contributed by atoms with E-state index in [0.29, 0.717) is 23.2 Å². The van der Waals surface area contributed by atoms with E-state index in [-0.39, 0.29) is 23.3 Å². The van der Waals surface area contributed by atoms with Gasteiger partial charge in [0.1, 0.15) is 11.4 Å². The molecule has 0 spiro atoms. The van der Waals surface area contributed by atoms with E-state index >= 15 is 0 Å². The van der Waals surface area contributed by atoms with Crippen molar-refractivity contribution in [1.29, 1.82) is 0 Å². The summed E-state index contributed by atoms with van der Waals surface area (Å²) >= 11 is 0. The number of nitrogens with zero attached hydrogens (tertiary/aromatic N) is 6. The Morgan fingerprint density at radius 1 is 1.32 bits per heavy atom. The van der Waals surface area contributed by atoms with Gasteiger partial charge in [0.15, 0.2) is 11.6 Å². The molecule has 11 nitrogen and oxygen atoms in total. The van der Waals surface area contributed by atoms with Gasteiger partial charge in [-0.1, -0.05) is 0 Å². The summed E-state index contributed by atoms with van der Waals surface area (Å²) in [5, 5.41) is 15.9. The first-order valence-corrected chi connectivity index (χ1v) is 11.4. The molecule has 3 aromatic rings. The first kappa shape index (κ1) is 22.3. The Kier molecular flexibility index (Phi) is 5.68. The van der Waals surface area contributed by atoms with Crippen LogP contribution in [0.4, 0.5) is 21.8 Å². The maximum absolute atomic E-state index is 14.6. The normalized spacial score (nSPS) is 21.8. The molecule has 5 rings (SSSR count). The Labute approximate surface area is 195 Å². The quantitative estimate of drug-likeness (QED) is 0.499. The maximum atomic E-state index is 14.6. The number of rotatable bonds is 6. The highest BCUT2D eigenvalue weighted by molar-refractivity contribution is 5.62. The summed E-state index contributed by atoms with van der Waals surface area (Å²) in [6.45, 7) is 5.64. The van der Waals surface area contributed by atoms with Gasteiger partial charge in [0, 0.05) is 23.3 Å². The molecule has 4 heterocycles. The smallest absolute Gasteiger partial charge is 0.365 e. The van der Waals surface area contributed by atoms with Gasteiger partial charge in [-0.2, -0.15) is 9.67 Å². The van der Waals surface area contributed by atoms with E-state index in [1.165, 1.54) is 20.0 Å². The van der Waals surface area contributed by atoms with E-state index in [2.05, 4.69) is 54.9 Å². The highest BCUT2D eigenvalue weighted by Crippen LogP contribution is 2.38. The zero-order valence-electron chi connectivity index (χ0n) is 19.4. The zero-order valence-corrected chi connectivity index (χ0v) is 19.4. The molecule has 0 aliphatic carbocycles. The fourth-order valence-electron chi connectivity index (χ4n) is 5.26. The Morgan fingerprint density at radius 2 is 2.18 bits per heavy atom. The molecule has 0 radical (unpaired) electrons. The third kappa shape index (κ3) is 4.20. The van der Waals surface area contributed by atoms with Crippen LogP contribution in [0.3, 0.4) is 0 Å². The van der Waals surface area contributed by atoms with Crippen molar-refractivity contribution < 1.29 is 9.13 Å². The lowest BCUT2D eigenvalue weighted by atomic mass is 9.84. The first-order chi connectivity index (χ1) is 16.3. The minimum absolute atomic E-state index is 0.0559. The Morgan fingerprint density at radius 3 is 2.94 bits per heavy atom. The lowest BCUT2D eigenvalue weighted by Gasteiger charge is -2.47. The van der Waals surface area contributed by atoms with Crippen molar-refractivity contribution in [1.82, 2.24) is 35.1 Å². The van der Waals surface area contributed by atoms with Crippen LogP contribution in [-0.4, -0.2) is 66.4 Å². The number of nitrogens with one attached hydrogen (secondary N) is 3. The van der Waals surface area contributed by atoms with E-state index in [0.717, 1.165) is 30.3 Å². The second kappa shape index (κ2) is 8.67. The lowest BCUT2D eigenvalue weighted by molar-refractivity contribution is 0.0500. The summed E-state index contributed by atoms with van der Waals surface area (Å²) in [5.41, 5.74) is 0.512. The largest absolute Gasteiger partial charge is 0.494 e. The molecule has 2 saturated heterocycles. The number of methoxy groups -OCH3 is 1. The second-order valence-corrected chi connectivity index (χ2v) is 9.40. The SMILES string of the molecule is COc1ccc(Nc2ncc(F)c(NC3CC4CCCN4C(C)(C)C3)n2)cc1-n1nn[nH]c1=O. The number of aromatic amines is 1.